The van der Waals surface area contributed by atoms with Gasteiger partial charge < -0.3 is 9.84 Å². The number of rotatable bonds is 3. The lowest BCUT2D eigenvalue weighted by molar-refractivity contribution is -0.151. The summed E-state index contributed by atoms with van der Waals surface area (Å²) >= 11 is 0. The highest BCUT2D eigenvalue weighted by molar-refractivity contribution is 5.75. The number of carbonyl (C=O) groups is 1. The Morgan fingerprint density at radius 2 is 2.40 bits per heavy atom. The van der Waals surface area contributed by atoms with Crippen molar-refractivity contribution in [1.29, 1.82) is 0 Å². The zero-order valence-corrected chi connectivity index (χ0v) is 5.33. The zero-order valence-electron chi connectivity index (χ0n) is 5.33. The SMILES string of the molecule is C=CCOC(=O)C(C)O.[SiH4]. The summed E-state index contributed by atoms with van der Waals surface area (Å²) in [5.41, 5.74) is 0. The smallest absolute Gasteiger partial charge is 0.334 e. The van der Waals surface area contributed by atoms with E-state index in [0.29, 0.717) is 0 Å². The molecule has 1 N–H and O–H groups in total. The van der Waals surface area contributed by atoms with Crippen LogP contribution in [0.15, 0.2) is 12.7 Å². The number of aliphatic hydroxyl groups excluding tert-OH is 1. The predicted molar refractivity (Wildman–Crippen MR) is 44.2 cm³/mol. The second-order valence-corrected chi connectivity index (χ2v) is 1.59. The Labute approximate surface area is 64.7 Å². The molecule has 0 fully saturated rings. The van der Waals surface area contributed by atoms with E-state index in [1.54, 1.807) is 0 Å². The second kappa shape index (κ2) is 6.51. The van der Waals surface area contributed by atoms with Gasteiger partial charge >= 0.3 is 5.97 Å². The van der Waals surface area contributed by atoms with Crippen molar-refractivity contribution in [3.05, 3.63) is 12.7 Å². The van der Waals surface area contributed by atoms with Crippen molar-refractivity contribution in [2.45, 2.75) is 13.0 Å². The molecule has 0 heterocycles. The van der Waals surface area contributed by atoms with Crippen LogP contribution < -0.4 is 0 Å². The van der Waals surface area contributed by atoms with Gasteiger partial charge in [0.15, 0.2) is 0 Å². The Morgan fingerprint density at radius 3 is 2.70 bits per heavy atom. The highest BCUT2D eigenvalue weighted by Gasteiger charge is 2.07. The van der Waals surface area contributed by atoms with E-state index in [2.05, 4.69) is 11.3 Å². The molecule has 0 rings (SSSR count). The first kappa shape index (κ1) is 12.1. The Morgan fingerprint density at radius 1 is 1.90 bits per heavy atom. The van der Waals surface area contributed by atoms with Gasteiger partial charge in [0.05, 0.1) is 0 Å². The van der Waals surface area contributed by atoms with Crippen LogP contribution in [0.5, 0.6) is 0 Å². The first-order valence-corrected chi connectivity index (χ1v) is 2.64. The van der Waals surface area contributed by atoms with Gasteiger partial charge in [-0.2, -0.15) is 0 Å². The minimum Gasteiger partial charge on any atom is -0.460 e. The normalized spacial score (nSPS) is 11.0. The molecule has 0 radical (unpaired) electrons. The topological polar surface area (TPSA) is 46.5 Å². The van der Waals surface area contributed by atoms with Crippen molar-refractivity contribution in [1.82, 2.24) is 0 Å². The summed E-state index contributed by atoms with van der Waals surface area (Å²) in [5.74, 6) is -0.616. The first-order chi connectivity index (χ1) is 4.18. The van der Waals surface area contributed by atoms with Crippen LogP contribution in [0.2, 0.25) is 0 Å². The molecule has 0 aliphatic rings. The van der Waals surface area contributed by atoms with Crippen LogP contribution in [0, 0.1) is 0 Å². The molecule has 0 aliphatic heterocycles. The summed E-state index contributed by atoms with van der Waals surface area (Å²) < 4.78 is 4.45. The number of ether oxygens (including phenoxy) is 1. The average Bonchev–Trinajstić information content (AvgIpc) is 1.82. The molecular weight excluding hydrogens is 148 g/mol. The van der Waals surface area contributed by atoms with Gasteiger partial charge in [0.1, 0.15) is 12.7 Å². The summed E-state index contributed by atoms with van der Waals surface area (Å²) in [6.07, 6.45) is 0.408. The predicted octanol–water partition coefficient (Wildman–Crippen LogP) is -1.36. The summed E-state index contributed by atoms with van der Waals surface area (Å²) in [7, 11) is 0. The molecule has 3 nitrogen and oxygen atoms in total. The van der Waals surface area contributed by atoms with E-state index in [1.165, 1.54) is 13.0 Å². The monoisotopic (exact) mass is 162 g/mol. The van der Waals surface area contributed by atoms with Crippen LogP contribution in [-0.2, 0) is 9.53 Å². The number of esters is 1. The largest absolute Gasteiger partial charge is 0.460 e. The number of aliphatic hydroxyl groups is 1. The van der Waals surface area contributed by atoms with Gasteiger partial charge in [-0.1, -0.05) is 12.7 Å². The molecule has 10 heavy (non-hydrogen) atoms. The van der Waals surface area contributed by atoms with Crippen molar-refractivity contribution >= 4 is 16.9 Å². The van der Waals surface area contributed by atoms with E-state index >= 15 is 0 Å². The maximum atomic E-state index is 10.4. The number of carbonyl (C=O) groups excluding carboxylic acids is 1. The zero-order chi connectivity index (χ0) is 7.28. The van der Waals surface area contributed by atoms with Gasteiger partial charge in [-0.15, -0.1) is 0 Å². The fourth-order valence-corrected chi connectivity index (χ4v) is 0.262. The van der Waals surface area contributed by atoms with Crippen LogP contribution in [0.1, 0.15) is 6.92 Å². The summed E-state index contributed by atoms with van der Waals surface area (Å²) in [6.45, 7) is 4.84. The Bertz CT molecular complexity index is 112. The Hall–Kier alpha value is -0.613. The van der Waals surface area contributed by atoms with Gasteiger partial charge in [-0.25, -0.2) is 4.79 Å². The van der Waals surface area contributed by atoms with Crippen LogP contribution in [0.25, 0.3) is 0 Å². The van der Waals surface area contributed by atoms with Crippen molar-refractivity contribution in [2.75, 3.05) is 6.61 Å². The lowest BCUT2D eigenvalue weighted by Crippen LogP contribution is -2.19. The number of hydrogen-bond acceptors (Lipinski definition) is 3. The van der Waals surface area contributed by atoms with Crippen molar-refractivity contribution < 1.29 is 14.6 Å². The van der Waals surface area contributed by atoms with Gasteiger partial charge in [0.2, 0.25) is 0 Å². The van der Waals surface area contributed by atoms with Crippen LogP contribution in [0.3, 0.4) is 0 Å². The lowest BCUT2D eigenvalue weighted by atomic mass is 10.4. The Kier molecular flexibility index (Phi) is 7.87. The van der Waals surface area contributed by atoms with Gasteiger partial charge in [-0.3, -0.25) is 0 Å². The first-order valence-electron chi connectivity index (χ1n) is 2.64. The van der Waals surface area contributed by atoms with Crippen molar-refractivity contribution in [3.8, 4) is 0 Å². The van der Waals surface area contributed by atoms with Crippen LogP contribution >= 0.6 is 0 Å². The third-order valence-corrected chi connectivity index (χ3v) is 0.685. The minimum atomic E-state index is -1.04. The standard InChI is InChI=1S/C6H10O3.H4Si/c1-3-4-9-6(8)5(2)7;/h3,5,7H,1,4H2,2H3;1H4. The molecule has 0 aromatic rings. The second-order valence-electron chi connectivity index (χ2n) is 1.59. The molecule has 60 valence electrons. The van der Waals surface area contributed by atoms with Gasteiger partial charge in [0.25, 0.3) is 0 Å². The molecular formula is C6H14O3Si. The highest BCUT2D eigenvalue weighted by atomic mass is 28.1. The molecule has 0 spiro atoms. The average molecular weight is 162 g/mol. The van der Waals surface area contributed by atoms with Crippen LogP contribution in [-0.4, -0.2) is 34.8 Å². The molecule has 0 bridgehead atoms. The van der Waals surface area contributed by atoms with E-state index in [0.717, 1.165) is 0 Å². The van der Waals surface area contributed by atoms with E-state index in [4.69, 9.17) is 5.11 Å². The summed E-state index contributed by atoms with van der Waals surface area (Å²) in [5, 5.41) is 8.54. The third-order valence-electron chi connectivity index (χ3n) is 0.685. The minimum absolute atomic E-state index is 0. The summed E-state index contributed by atoms with van der Waals surface area (Å²) in [4.78, 5) is 10.4. The maximum Gasteiger partial charge on any atom is 0.334 e. The fraction of sp³-hybridized carbons (Fsp3) is 0.500. The molecule has 4 heteroatoms. The highest BCUT2D eigenvalue weighted by Crippen LogP contribution is 1.85. The Balaban J connectivity index is 0. The molecule has 0 saturated carbocycles. The van der Waals surface area contributed by atoms with Crippen molar-refractivity contribution in [2.24, 2.45) is 0 Å². The van der Waals surface area contributed by atoms with Crippen molar-refractivity contribution in [3.63, 3.8) is 0 Å². The molecule has 0 aliphatic carbocycles. The quantitative estimate of drug-likeness (QED) is 0.317. The maximum absolute atomic E-state index is 10.4. The third kappa shape index (κ3) is 5.52. The van der Waals surface area contributed by atoms with Gasteiger partial charge in [0, 0.05) is 0 Å². The molecule has 0 aromatic carbocycles. The fourth-order valence-electron chi connectivity index (χ4n) is 0.262. The molecule has 0 amide bonds. The molecule has 0 saturated heterocycles. The molecule has 0 aromatic heterocycles. The van der Waals surface area contributed by atoms with E-state index in [1.807, 2.05) is 0 Å². The van der Waals surface area contributed by atoms with Gasteiger partial charge in [-0.05, 0) is 17.9 Å². The molecule has 1 atom stereocenters. The lowest BCUT2D eigenvalue weighted by Gasteiger charge is -2.01. The number of hydrogen-bond donors (Lipinski definition) is 1. The van der Waals surface area contributed by atoms with E-state index < -0.39 is 12.1 Å². The van der Waals surface area contributed by atoms with E-state index in [9.17, 15) is 4.79 Å². The van der Waals surface area contributed by atoms with Crippen LogP contribution in [0.4, 0.5) is 0 Å². The van der Waals surface area contributed by atoms with E-state index in [-0.39, 0.29) is 17.6 Å². The molecule has 1 unspecified atom stereocenters. The summed E-state index contributed by atoms with van der Waals surface area (Å²) in [6, 6.07) is 0.